The number of aliphatic imine (C=N–C) groups is 1. The van der Waals surface area contributed by atoms with Gasteiger partial charge in [-0.25, -0.2) is 4.99 Å². The maximum Gasteiger partial charge on any atom is 0.191 e. The van der Waals surface area contributed by atoms with Gasteiger partial charge in [-0.2, -0.15) is 0 Å². The Kier molecular flexibility index (Phi) is 8.73. The van der Waals surface area contributed by atoms with Crippen LogP contribution >= 0.6 is 0 Å². The Balaban J connectivity index is 1.50. The van der Waals surface area contributed by atoms with Crippen molar-refractivity contribution in [3.05, 3.63) is 89.7 Å². The molecule has 0 unspecified atom stereocenters. The Labute approximate surface area is 184 Å². The van der Waals surface area contributed by atoms with E-state index in [4.69, 9.17) is 14.5 Å². The van der Waals surface area contributed by atoms with Crippen LogP contribution in [-0.2, 0) is 19.6 Å². The van der Waals surface area contributed by atoms with E-state index in [0.29, 0.717) is 13.2 Å². The Morgan fingerprint density at radius 3 is 2.52 bits per heavy atom. The summed E-state index contributed by atoms with van der Waals surface area (Å²) in [4.78, 5) is 8.96. The minimum Gasteiger partial charge on any atom is -0.496 e. The summed E-state index contributed by atoms with van der Waals surface area (Å²) in [6.07, 6.45) is 2.63. The first-order valence-corrected chi connectivity index (χ1v) is 10.5. The largest absolute Gasteiger partial charge is 0.496 e. The molecule has 0 aliphatic carbocycles. The van der Waals surface area contributed by atoms with Gasteiger partial charge in [-0.1, -0.05) is 36.4 Å². The van der Waals surface area contributed by atoms with Crippen LogP contribution in [0.15, 0.2) is 77.9 Å². The summed E-state index contributed by atoms with van der Waals surface area (Å²) < 4.78 is 11.2. The van der Waals surface area contributed by atoms with Crippen molar-refractivity contribution < 1.29 is 9.47 Å². The molecular weight excluding hydrogens is 388 g/mol. The van der Waals surface area contributed by atoms with Crippen molar-refractivity contribution in [2.24, 2.45) is 4.99 Å². The quantitative estimate of drug-likeness (QED) is 0.385. The fraction of sp³-hybridized carbons (Fsp3) is 0.280. The van der Waals surface area contributed by atoms with Crippen molar-refractivity contribution in [2.45, 2.75) is 26.5 Å². The predicted molar refractivity (Wildman–Crippen MR) is 125 cm³/mol. The molecule has 31 heavy (non-hydrogen) atoms. The second-order valence-electron chi connectivity index (χ2n) is 6.94. The number of guanidine groups is 1. The molecule has 6 nitrogen and oxygen atoms in total. The predicted octanol–water partition coefficient (Wildman–Crippen LogP) is 3.97. The smallest absolute Gasteiger partial charge is 0.191 e. The summed E-state index contributed by atoms with van der Waals surface area (Å²) in [5.74, 6) is 2.53. The standard InChI is InChI=1S/C25H30N4O2/c1-3-26-25(28-17-15-21-8-4-5-10-24(21)30-2)29-18-20-11-13-23(14-12-20)31-19-22-9-6-7-16-27-22/h4-14,16H,3,15,17-19H2,1-2H3,(H2,26,28,29). The van der Waals surface area contributed by atoms with E-state index in [1.807, 2.05) is 60.7 Å². The van der Waals surface area contributed by atoms with E-state index in [-0.39, 0.29) is 0 Å². The number of methoxy groups -OCH3 is 1. The van der Waals surface area contributed by atoms with Crippen LogP contribution in [0.25, 0.3) is 0 Å². The number of rotatable bonds is 10. The van der Waals surface area contributed by atoms with Crippen LogP contribution in [0.5, 0.6) is 11.5 Å². The molecule has 1 aromatic heterocycles. The first kappa shape index (κ1) is 22.2. The third-order valence-corrected chi connectivity index (χ3v) is 4.68. The van der Waals surface area contributed by atoms with Crippen LogP contribution in [0, 0.1) is 0 Å². The van der Waals surface area contributed by atoms with Crippen LogP contribution in [-0.4, -0.2) is 31.1 Å². The monoisotopic (exact) mass is 418 g/mol. The lowest BCUT2D eigenvalue weighted by atomic mass is 10.1. The van der Waals surface area contributed by atoms with E-state index >= 15 is 0 Å². The Morgan fingerprint density at radius 1 is 0.968 bits per heavy atom. The topological polar surface area (TPSA) is 67.8 Å². The number of benzene rings is 2. The van der Waals surface area contributed by atoms with E-state index in [9.17, 15) is 0 Å². The average molecular weight is 419 g/mol. The third kappa shape index (κ3) is 7.33. The van der Waals surface area contributed by atoms with Crippen molar-refractivity contribution in [1.29, 1.82) is 0 Å². The summed E-state index contributed by atoms with van der Waals surface area (Å²) in [6, 6.07) is 21.9. The third-order valence-electron chi connectivity index (χ3n) is 4.68. The normalized spacial score (nSPS) is 11.1. The average Bonchev–Trinajstić information content (AvgIpc) is 2.83. The molecule has 0 spiro atoms. The number of hydrogen-bond acceptors (Lipinski definition) is 4. The zero-order chi connectivity index (χ0) is 21.7. The van der Waals surface area contributed by atoms with Crippen LogP contribution < -0.4 is 20.1 Å². The summed E-state index contributed by atoms with van der Waals surface area (Å²) in [6.45, 7) is 4.68. The summed E-state index contributed by atoms with van der Waals surface area (Å²) in [5, 5.41) is 6.69. The van der Waals surface area contributed by atoms with E-state index < -0.39 is 0 Å². The van der Waals surface area contributed by atoms with Gasteiger partial charge in [0.15, 0.2) is 5.96 Å². The van der Waals surface area contributed by atoms with Gasteiger partial charge in [-0.3, -0.25) is 4.98 Å². The number of aromatic nitrogens is 1. The maximum atomic E-state index is 5.79. The van der Waals surface area contributed by atoms with Crippen molar-refractivity contribution >= 4 is 5.96 Å². The molecule has 0 aliphatic heterocycles. The van der Waals surface area contributed by atoms with Gasteiger partial charge in [-0.15, -0.1) is 0 Å². The van der Waals surface area contributed by atoms with Gasteiger partial charge in [0.05, 0.1) is 19.3 Å². The van der Waals surface area contributed by atoms with E-state index in [1.54, 1.807) is 13.3 Å². The lowest BCUT2D eigenvalue weighted by Gasteiger charge is -2.13. The number of nitrogens with zero attached hydrogens (tertiary/aromatic N) is 2. The highest BCUT2D eigenvalue weighted by molar-refractivity contribution is 5.79. The highest BCUT2D eigenvalue weighted by atomic mass is 16.5. The van der Waals surface area contributed by atoms with Crippen LogP contribution in [0.3, 0.4) is 0 Å². The second kappa shape index (κ2) is 12.2. The van der Waals surface area contributed by atoms with Crippen molar-refractivity contribution in [3.8, 4) is 11.5 Å². The number of nitrogens with one attached hydrogen (secondary N) is 2. The van der Waals surface area contributed by atoms with Crippen LogP contribution in [0.1, 0.15) is 23.7 Å². The molecule has 0 amide bonds. The molecule has 1 heterocycles. The minimum absolute atomic E-state index is 0.457. The zero-order valence-corrected chi connectivity index (χ0v) is 18.2. The highest BCUT2D eigenvalue weighted by Gasteiger charge is 2.03. The molecular formula is C25H30N4O2. The molecule has 0 fully saturated rings. The highest BCUT2D eigenvalue weighted by Crippen LogP contribution is 2.17. The first-order chi connectivity index (χ1) is 15.3. The second-order valence-corrected chi connectivity index (χ2v) is 6.94. The van der Waals surface area contributed by atoms with Gasteiger partial charge in [-0.05, 0) is 54.8 Å². The van der Waals surface area contributed by atoms with Crippen molar-refractivity contribution in [1.82, 2.24) is 15.6 Å². The van der Waals surface area contributed by atoms with Crippen LogP contribution in [0.2, 0.25) is 0 Å². The molecule has 0 bridgehead atoms. The summed E-state index contributed by atoms with van der Waals surface area (Å²) in [7, 11) is 1.70. The molecule has 0 atom stereocenters. The Hall–Kier alpha value is -3.54. The molecule has 2 aromatic carbocycles. The molecule has 3 aromatic rings. The summed E-state index contributed by atoms with van der Waals surface area (Å²) in [5.41, 5.74) is 3.20. The number of para-hydroxylation sites is 1. The van der Waals surface area contributed by atoms with Crippen LogP contribution in [0.4, 0.5) is 0 Å². The molecule has 0 saturated heterocycles. The molecule has 0 aliphatic rings. The van der Waals surface area contributed by atoms with Gasteiger partial charge in [0, 0.05) is 19.3 Å². The Bertz CT molecular complexity index is 943. The lowest BCUT2D eigenvalue weighted by Crippen LogP contribution is -2.38. The first-order valence-electron chi connectivity index (χ1n) is 10.5. The lowest BCUT2D eigenvalue weighted by molar-refractivity contribution is 0.301. The fourth-order valence-electron chi connectivity index (χ4n) is 3.07. The van der Waals surface area contributed by atoms with E-state index in [1.165, 1.54) is 5.56 Å². The SMILES string of the molecule is CCNC(=NCc1ccc(OCc2ccccn2)cc1)NCCc1ccccc1OC. The molecule has 162 valence electrons. The fourth-order valence-corrected chi connectivity index (χ4v) is 3.07. The summed E-state index contributed by atoms with van der Waals surface area (Å²) >= 11 is 0. The maximum absolute atomic E-state index is 5.79. The van der Waals surface area contributed by atoms with E-state index in [2.05, 4.69) is 28.6 Å². The van der Waals surface area contributed by atoms with Gasteiger partial charge < -0.3 is 20.1 Å². The molecule has 3 rings (SSSR count). The van der Waals surface area contributed by atoms with Crippen molar-refractivity contribution in [2.75, 3.05) is 20.2 Å². The van der Waals surface area contributed by atoms with Gasteiger partial charge in [0.1, 0.15) is 18.1 Å². The molecule has 6 heteroatoms. The number of hydrogen-bond donors (Lipinski definition) is 2. The van der Waals surface area contributed by atoms with Gasteiger partial charge in [0.2, 0.25) is 0 Å². The van der Waals surface area contributed by atoms with Crippen molar-refractivity contribution in [3.63, 3.8) is 0 Å². The molecule has 2 N–H and O–H groups in total. The molecule has 0 saturated carbocycles. The number of ether oxygens (including phenoxy) is 2. The van der Waals surface area contributed by atoms with Gasteiger partial charge in [0.25, 0.3) is 0 Å². The minimum atomic E-state index is 0.457. The van der Waals surface area contributed by atoms with Gasteiger partial charge >= 0.3 is 0 Å². The zero-order valence-electron chi connectivity index (χ0n) is 18.2. The Morgan fingerprint density at radius 2 is 1.77 bits per heavy atom. The van der Waals surface area contributed by atoms with E-state index in [0.717, 1.165) is 48.2 Å². The molecule has 0 radical (unpaired) electrons. The number of pyridine rings is 1.